The molecule has 0 spiro atoms. The minimum absolute atomic E-state index is 0.249. The number of hydrogen-bond donors (Lipinski definition) is 1. The smallest absolute Gasteiger partial charge is 0.273 e. The van der Waals surface area contributed by atoms with Gasteiger partial charge in [-0.3, -0.25) is 4.79 Å². The van der Waals surface area contributed by atoms with Crippen LogP contribution in [0.15, 0.2) is 29.4 Å². The second-order valence-electron chi connectivity index (χ2n) is 4.50. The van der Waals surface area contributed by atoms with Crippen LogP contribution in [0.2, 0.25) is 0 Å². The van der Waals surface area contributed by atoms with Gasteiger partial charge in [-0.25, -0.2) is 4.98 Å². The largest absolute Gasteiger partial charge is 0.364 e. The molecule has 2 aromatic heterocycles. The number of carbonyl (C=O) groups is 1. The molecule has 0 aliphatic rings. The number of hydrogen-bond acceptors (Lipinski definition) is 4. The molecule has 0 bridgehead atoms. The molecule has 2 heterocycles. The van der Waals surface area contributed by atoms with Gasteiger partial charge in [0, 0.05) is 18.8 Å². The summed E-state index contributed by atoms with van der Waals surface area (Å²) in [5.74, 6) is 0.283. The molecule has 0 fully saturated rings. The van der Waals surface area contributed by atoms with Crippen LogP contribution in [0.3, 0.4) is 0 Å². The first kappa shape index (κ1) is 12.3. The van der Waals surface area contributed by atoms with Crippen molar-refractivity contribution < 1.29 is 9.32 Å². The fraction of sp³-hybridized carbons (Fsp3) is 0.417. The summed E-state index contributed by atoms with van der Waals surface area (Å²) in [7, 11) is 0. The first-order valence-electron chi connectivity index (χ1n) is 5.84. The van der Waals surface area contributed by atoms with E-state index in [1.165, 1.54) is 12.3 Å². The lowest BCUT2D eigenvalue weighted by atomic mass is 10.2. The van der Waals surface area contributed by atoms with Gasteiger partial charge >= 0.3 is 0 Å². The molecule has 0 aliphatic heterocycles. The minimum Gasteiger partial charge on any atom is -0.364 e. The highest BCUT2D eigenvalue weighted by atomic mass is 16.5. The fourth-order valence-electron chi connectivity index (χ4n) is 1.64. The van der Waals surface area contributed by atoms with Gasteiger partial charge in [-0.2, -0.15) is 0 Å². The molecule has 0 aromatic carbocycles. The zero-order chi connectivity index (χ0) is 13.0. The highest BCUT2D eigenvalue weighted by Gasteiger charge is 2.10. The van der Waals surface area contributed by atoms with E-state index in [-0.39, 0.29) is 11.6 Å². The van der Waals surface area contributed by atoms with Crippen LogP contribution in [0.1, 0.15) is 30.0 Å². The van der Waals surface area contributed by atoms with Crippen molar-refractivity contribution in [1.29, 1.82) is 0 Å². The molecule has 6 heteroatoms. The van der Waals surface area contributed by atoms with Gasteiger partial charge in [0.15, 0.2) is 5.69 Å². The zero-order valence-electron chi connectivity index (χ0n) is 10.5. The van der Waals surface area contributed by atoms with E-state index in [0.717, 1.165) is 12.2 Å². The van der Waals surface area contributed by atoms with E-state index in [4.69, 9.17) is 0 Å². The maximum Gasteiger partial charge on any atom is 0.273 e. The molecule has 18 heavy (non-hydrogen) atoms. The maximum absolute atomic E-state index is 11.7. The number of nitrogens with one attached hydrogen (secondary N) is 1. The van der Waals surface area contributed by atoms with Crippen LogP contribution in [0.25, 0.3) is 0 Å². The van der Waals surface area contributed by atoms with Crippen molar-refractivity contribution in [2.45, 2.75) is 26.9 Å². The van der Waals surface area contributed by atoms with Gasteiger partial charge in [-0.1, -0.05) is 19.0 Å². The molecule has 2 aromatic rings. The molecular formula is C12H16N4O2. The number of aromatic nitrogens is 3. The first-order valence-corrected chi connectivity index (χ1v) is 5.84. The summed E-state index contributed by atoms with van der Waals surface area (Å²) in [6, 6.07) is 1.53. The predicted octanol–water partition coefficient (Wildman–Crippen LogP) is 1.46. The maximum atomic E-state index is 11.7. The summed E-state index contributed by atoms with van der Waals surface area (Å²) in [5.41, 5.74) is 1.26. The van der Waals surface area contributed by atoms with Gasteiger partial charge in [0.25, 0.3) is 5.91 Å². The van der Waals surface area contributed by atoms with E-state index in [1.54, 1.807) is 12.5 Å². The van der Waals surface area contributed by atoms with E-state index in [0.29, 0.717) is 12.5 Å². The van der Waals surface area contributed by atoms with Crippen LogP contribution in [-0.4, -0.2) is 20.6 Å². The molecule has 0 radical (unpaired) electrons. The van der Waals surface area contributed by atoms with Gasteiger partial charge in [0.05, 0.1) is 18.6 Å². The highest BCUT2D eigenvalue weighted by Crippen LogP contribution is 2.05. The number of nitrogens with zero attached hydrogens (tertiary/aromatic N) is 3. The molecule has 0 saturated carbocycles. The van der Waals surface area contributed by atoms with Crippen LogP contribution in [-0.2, 0) is 13.1 Å². The third-order valence-electron chi connectivity index (χ3n) is 2.46. The summed E-state index contributed by atoms with van der Waals surface area (Å²) in [5, 5.41) is 6.36. The summed E-state index contributed by atoms with van der Waals surface area (Å²) in [4.78, 5) is 15.8. The quantitative estimate of drug-likeness (QED) is 0.869. The Hall–Kier alpha value is -2.11. The van der Waals surface area contributed by atoms with Crippen LogP contribution < -0.4 is 5.32 Å². The Bertz CT molecular complexity index is 502. The molecule has 1 N–H and O–H groups in total. The Morgan fingerprint density at radius 2 is 2.39 bits per heavy atom. The Labute approximate surface area is 105 Å². The van der Waals surface area contributed by atoms with E-state index < -0.39 is 0 Å². The molecule has 0 aliphatic carbocycles. The molecular weight excluding hydrogens is 232 g/mol. The number of rotatable bonds is 5. The third-order valence-corrected chi connectivity index (χ3v) is 2.46. The average Bonchev–Trinajstić information content (AvgIpc) is 2.95. The third kappa shape index (κ3) is 2.97. The van der Waals surface area contributed by atoms with Crippen LogP contribution in [0.5, 0.6) is 0 Å². The summed E-state index contributed by atoms with van der Waals surface area (Å²) < 4.78 is 6.66. The van der Waals surface area contributed by atoms with Gasteiger partial charge < -0.3 is 14.4 Å². The van der Waals surface area contributed by atoms with Crippen LogP contribution >= 0.6 is 0 Å². The molecule has 96 valence electrons. The second kappa shape index (κ2) is 5.48. The Morgan fingerprint density at radius 3 is 3.06 bits per heavy atom. The van der Waals surface area contributed by atoms with E-state index in [9.17, 15) is 4.79 Å². The van der Waals surface area contributed by atoms with Gasteiger partial charge in [0.1, 0.15) is 6.26 Å². The monoisotopic (exact) mass is 248 g/mol. The zero-order valence-corrected chi connectivity index (χ0v) is 10.5. The van der Waals surface area contributed by atoms with Crippen molar-refractivity contribution in [2.24, 2.45) is 5.92 Å². The van der Waals surface area contributed by atoms with Gasteiger partial charge in [0.2, 0.25) is 0 Å². The second-order valence-corrected chi connectivity index (χ2v) is 4.50. The number of amides is 1. The number of carbonyl (C=O) groups excluding carboxylic acids is 1. The Morgan fingerprint density at radius 1 is 1.56 bits per heavy atom. The van der Waals surface area contributed by atoms with Crippen molar-refractivity contribution in [2.75, 3.05) is 0 Å². The number of imidazole rings is 1. The highest BCUT2D eigenvalue weighted by molar-refractivity contribution is 5.91. The molecule has 0 saturated heterocycles. The Kier molecular flexibility index (Phi) is 3.76. The first-order chi connectivity index (χ1) is 8.66. The SMILES string of the molecule is CC(C)Cn1cncc1CNC(=O)c1ccon1. The van der Waals surface area contributed by atoms with Crippen molar-refractivity contribution >= 4 is 5.91 Å². The molecule has 2 rings (SSSR count). The van der Waals surface area contributed by atoms with Gasteiger partial charge in [-0.05, 0) is 5.92 Å². The normalized spacial score (nSPS) is 10.8. The fourth-order valence-corrected chi connectivity index (χ4v) is 1.64. The summed E-state index contributed by atoms with van der Waals surface area (Å²) >= 11 is 0. The van der Waals surface area contributed by atoms with Crippen molar-refractivity contribution in [3.63, 3.8) is 0 Å². The summed E-state index contributed by atoms with van der Waals surface area (Å²) in [6.07, 6.45) is 4.90. The average molecular weight is 248 g/mol. The van der Waals surface area contributed by atoms with Gasteiger partial charge in [-0.15, -0.1) is 0 Å². The van der Waals surface area contributed by atoms with E-state index >= 15 is 0 Å². The van der Waals surface area contributed by atoms with Crippen LogP contribution in [0, 0.1) is 5.92 Å². The Balaban J connectivity index is 1.94. The lowest BCUT2D eigenvalue weighted by Gasteiger charge is -2.10. The molecule has 1 amide bonds. The van der Waals surface area contributed by atoms with Crippen molar-refractivity contribution in [3.8, 4) is 0 Å². The topological polar surface area (TPSA) is 73.0 Å². The van der Waals surface area contributed by atoms with Crippen molar-refractivity contribution in [3.05, 3.63) is 36.2 Å². The van der Waals surface area contributed by atoms with E-state index in [1.807, 2.05) is 4.57 Å². The predicted molar refractivity (Wildman–Crippen MR) is 64.7 cm³/mol. The molecule has 0 atom stereocenters. The van der Waals surface area contributed by atoms with E-state index in [2.05, 4.69) is 33.8 Å². The lowest BCUT2D eigenvalue weighted by molar-refractivity contribution is 0.0941. The minimum atomic E-state index is -0.249. The summed E-state index contributed by atoms with van der Waals surface area (Å²) in [6.45, 7) is 5.59. The molecule has 6 nitrogen and oxygen atoms in total. The van der Waals surface area contributed by atoms with Crippen LogP contribution in [0.4, 0.5) is 0 Å². The molecule has 0 unspecified atom stereocenters. The standard InChI is InChI=1S/C12H16N4O2/c1-9(2)7-16-8-13-5-10(16)6-14-12(17)11-3-4-18-15-11/h3-5,8-9H,6-7H2,1-2H3,(H,14,17). The lowest BCUT2D eigenvalue weighted by Crippen LogP contribution is -2.24. The van der Waals surface area contributed by atoms with Crippen molar-refractivity contribution in [1.82, 2.24) is 20.0 Å².